The SMILES string of the molecule is CC(C)C[C@@H](c1nnnn1C[C@H]1CCCO1)[NH+]1CCN(c2ccccc2)CC1. The lowest BCUT2D eigenvalue weighted by molar-refractivity contribution is -0.934. The zero-order valence-electron chi connectivity index (χ0n) is 17.1. The maximum atomic E-state index is 5.82. The number of nitrogens with one attached hydrogen (secondary N) is 1. The molecule has 4 rings (SSSR count). The van der Waals surface area contributed by atoms with Gasteiger partial charge in [0.2, 0.25) is 5.82 Å². The Morgan fingerprint density at radius 3 is 2.64 bits per heavy atom. The van der Waals surface area contributed by atoms with Gasteiger partial charge in [0, 0.05) is 18.7 Å². The predicted molar refractivity (Wildman–Crippen MR) is 108 cm³/mol. The van der Waals surface area contributed by atoms with E-state index < -0.39 is 0 Å². The van der Waals surface area contributed by atoms with E-state index in [0.717, 1.165) is 64.4 Å². The van der Waals surface area contributed by atoms with Crippen molar-refractivity contribution in [3.63, 3.8) is 0 Å². The Kier molecular flexibility index (Phi) is 6.22. The fourth-order valence-corrected chi connectivity index (χ4v) is 4.54. The van der Waals surface area contributed by atoms with E-state index in [4.69, 9.17) is 4.74 Å². The van der Waals surface area contributed by atoms with Gasteiger partial charge in [-0.05, 0) is 41.3 Å². The van der Waals surface area contributed by atoms with Gasteiger partial charge < -0.3 is 14.5 Å². The van der Waals surface area contributed by atoms with Crippen molar-refractivity contribution in [3.8, 4) is 0 Å². The quantitative estimate of drug-likeness (QED) is 0.780. The fourth-order valence-electron chi connectivity index (χ4n) is 4.54. The summed E-state index contributed by atoms with van der Waals surface area (Å²) in [6.07, 6.45) is 3.61. The molecule has 7 nitrogen and oxygen atoms in total. The molecule has 0 bridgehead atoms. The number of para-hydroxylation sites is 1. The summed E-state index contributed by atoms with van der Waals surface area (Å²) < 4.78 is 7.83. The summed E-state index contributed by atoms with van der Waals surface area (Å²) in [5.74, 6) is 1.64. The van der Waals surface area contributed by atoms with Gasteiger partial charge >= 0.3 is 0 Å². The highest BCUT2D eigenvalue weighted by molar-refractivity contribution is 5.46. The fraction of sp³-hybridized carbons (Fsp3) is 0.667. The van der Waals surface area contributed by atoms with Crippen molar-refractivity contribution >= 4 is 5.69 Å². The number of nitrogens with zero attached hydrogens (tertiary/aromatic N) is 5. The highest BCUT2D eigenvalue weighted by Gasteiger charge is 2.34. The highest BCUT2D eigenvalue weighted by atomic mass is 16.5. The molecule has 2 aliphatic rings. The van der Waals surface area contributed by atoms with Crippen LogP contribution in [-0.2, 0) is 11.3 Å². The van der Waals surface area contributed by atoms with Crippen molar-refractivity contribution in [1.82, 2.24) is 20.2 Å². The zero-order valence-corrected chi connectivity index (χ0v) is 17.1. The van der Waals surface area contributed by atoms with Crippen molar-refractivity contribution in [2.75, 3.05) is 37.7 Å². The number of benzene rings is 1. The number of piperazine rings is 1. The minimum atomic E-state index is 0.256. The summed E-state index contributed by atoms with van der Waals surface area (Å²) in [5.41, 5.74) is 1.32. The summed E-state index contributed by atoms with van der Waals surface area (Å²) in [6.45, 7) is 10.6. The van der Waals surface area contributed by atoms with Gasteiger partial charge in [-0.3, -0.25) is 0 Å². The normalized spacial score (nSPS) is 22.1. The third-order valence-electron chi connectivity index (χ3n) is 6.00. The molecule has 0 amide bonds. The molecule has 3 heterocycles. The second kappa shape index (κ2) is 9.01. The minimum Gasteiger partial charge on any atom is -0.376 e. The van der Waals surface area contributed by atoms with Crippen LogP contribution in [0.2, 0.25) is 0 Å². The molecular formula is C21H33N6O+. The molecule has 152 valence electrons. The minimum absolute atomic E-state index is 0.256. The first-order chi connectivity index (χ1) is 13.7. The first-order valence-electron chi connectivity index (χ1n) is 10.7. The Bertz CT molecular complexity index is 720. The maximum absolute atomic E-state index is 5.82. The number of tetrazole rings is 1. The van der Waals surface area contributed by atoms with E-state index in [1.807, 2.05) is 4.68 Å². The molecule has 1 aromatic carbocycles. The molecule has 7 heteroatoms. The molecule has 2 aromatic rings. The van der Waals surface area contributed by atoms with E-state index in [1.54, 1.807) is 4.90 Å². The number of rotatable bonds is 7. The van der Waals surface area contributed by atoms with Crippen molar-refractivity contribution in [2.45, 2.75) is 51.8 Å². The zero-order chi connectivity index (χ0) is 19.3. The Morgan fingerprint density at radius 1 is 1.18 bits per heavy atom. The molecule has 2 aliphatic heterocycles. The van der Waals surface area contributed by atoms with E-state index >= 15 is 0 Å². The van der Waals surface area contributed by atoms with E-state index in [2.05, 4.69) is 64.6 Å². The maximum Gasteiger partial charge on any atom is 0.209 e. The van der Waals surface area contributed by atoms with Crippen molar-refractivity contribution in [1.29, 1.82) is 0 Å². The molecular weight excluding hydrogens is 352 g/mol. The van der Waals surface area contributed by atoms with Gasteiger partial charge in [-0.1, -0.05) is 32.0 Å². The molecule has 1 aromatic heterocycles. The largest absolute Gasteiger partial charge is 0.376 e. The Balaban J connectivity index is 1.46. The summed E-state index contributed by atoms with van der Waals surface area (Å²) in [7, 11) is 0. The third-order valence-corrected chi connectivity index (χ3v) is 6.00. The van der Waals surface area contributed by atoms with Gasteiger partial charge in [0.05, 0.1) is 38.8 Å². The van der Waals surface area contributed by atoms with Crippen molar-refractivity contribution in [2.24, 2.45) is 5.92 Å². The van der Waals surface area contributed by atoms with Crippen LogP contribution in [0.3, 0.4) is 0 Å². The van der Waals surface area contributed by atoms with Crippen LogP contribution in [0.5, 0.6) is 0 Å². The molecule has 28 heavy (non-hydrogen) atoms. The van der Waals surface area contributed by atoms with E-state index in [0.29, 0.717) is 12.0 Å². The van der Waals surface area contributed by atoms with Crippen LogP contribution in [0, 0.1) is 5.92 Å². The van der Waals surface area contributed by atoms with Gasteiger partial charge in [0.25, 0.3) is 0 Å². The van der Waals surface area contributed by atoms with Crippen LogP contribution in [0.4, 0.5) is 5.69 Å². The van der Waals surface area contributed by atoms with Crippen LogP contribution in [-0.4, -0.2) is 59.1 Å². The molecule has 2 fully saturated rings. The lowest BCUT2D eigenvalue weighted by Crippen LogP contribution is -3.15. The topological polar surface area (TPSA) is 60.5 Å². The van der Waals surface area contributed by atoms with Gasteiger partial charge in [0.1, 0.15) is 6.04 Å². The second-order valence-electron chi connectivity index (χ2n) is 8.52. The van der Waals surface area contributed by atoms with Crippen molar-refractivity contribution < 1.29 is 9.64 Å². The summed E-state index contributed by atoms with van der Waals surface area (Å²) in [5, 5.41) is 12.8. The van der Waals surface area contributed by atoms with E-state index in [1.165, 1.54) is 5.69 Å². The van der Waals surface area contributed by atoms with Crippen molar-refractivity contribution in [3.05, 3.63) is 36.2 Å². The van der Waals surface area contributed by atoms with Crippen LogP contribution in [0.15, 0.2) is 30.3 Å². The Labute approximate surface area is 167 Å². The monoisotopic (exact) mass is 385 g/mol. The van der Waals surface area contributed by atoms with E-state index in [-0.39, 0.29) is 6.10 Å². The molecule has 0 spiro atoms. The first kappa shape index (κ1) is 19.3. The molecule has 0 aliphatic carbocycles. The van der Waals surface area contributed by atoms with Gasteiger partial charge in [-0.2, -0.15) is 0 Å². The number of quaternary nitrogens is 1. The number of ether oxygens (including phenoxy) is 1. The number of aromatic nitrogens is 4. The number of hydrogen-bond acceptors (Lipinski definition) is 5. The van der Waals surface area contributed by atoms with E-state index in [9.17, 15) is 0 Å². The Hall–Kier alpha value is -1.99. The average molecular weight is 386 g/mol. The third kappa shape index (κ3) is 4.52. The summed E-state index contributed by atoms with van der Waals surface area (Å²) >= 11 is 0. The molecule has 2 saturated heterocycles. The highest BCUT2D eigenvalue weighted by Crippen LogP contribution is 2.20. The molecule has 2 atom stereocenters. The predicted octanol–water partition coefficient (Wildman–Crippen LogP) is 1.34. The molecule has 1 N–H and O–H groups in total. The smallest absolute Gasteiger partial charge is 0.209 e. The van der Waals surface area contributed by atoms with Gasteiger partial charge in [0.15, 0.2) is 0 Å². The van der Waals surface area contributed by atoms with Crippen LogP contribution >= 0.6 is 0 Å². The van der Waals surface area contributed by atoms with Crippen LogP contribution < -0.4 is 9.80 Å². The standard InChI is InChI=1S/C21H32N6O/c1-17(2)15-20(21-22-23-24-27(21)16-19-9-6-14-28-19)26-12-10-25(11-13-26)18-7-4-3-5-8-18/h3-5,7-8,17,19-20H,6,9-16H2,1-2H3/p+1/t19-,20+/m1/s1. The second-order valence-corrected chi connectivity index (χ2v) is 8.52. The molecule has 0 radical (unpaired) electrons. The van der Waals surface area contributed by atoms with Crippen LogP contribution in [0.1, 0.15) is 45.0 Å². The lowest BCUT2D eigenvalue weighted by Gasteiger charge is -2.37. The average Bonchev–Trinajstić information content (AvgIpc) is 3.39. The van der Waals surface area contributed by atoms with Gasteiger partial charge in [-0.25, -0.2) is 4.68 Å². The lowest BCUT2D eigenvalue weighted by atomic mass is 10.0. The molecule has 0 saturated carbocycles. The molecule has 0 unspecified atom stereocenters. The number of anilines is 1. The summed E-state index contributed by atoms with van der Waals surface area (Å²) in [6, 6.07) is 11.1. The van der Waals surface area contributed by atoms with Gasteiger partial charge in [-0.15, -0.1) is 5.10 Å². The van der Waals surface area contributed by atoms with Crippen LogP contribution in [0.25, 0.3) is 0 Å². The Morgan fingerprint density at radius 2 is 1.96 bits per heavy atom. The first-order valence-corrected chi connectivity index (χ1v) is 10.7. The summed E-state index contributed by atoms with van der Waals surface area (Å²) in [4.78, 5) is 4.09. The number of hydrogen-bond donors (Lipinski definition) is 1.